The van der Waals surface area contributed by atoms with Gasteiger partial charge in [-0.05, 0) is 30.7 Å². The second-order valence-corrected chi connectivity index (χ2v) is 7.07. The Bertz CT molecular complexity index is 361. The van der Waals surface area contributed by atoms with Crippen LogP contribution < -0.4 is 5.32 Å². The third-order valence-electron chi connectivity index (χ3n) is 4.33. The first kappa shape index (κ1) is 15.0. The molecule has 1 saturated heterocycles. The van der Waals surface area contributed by atoms with Crippen molar-refractivity contribution in [3.8, 4) is 0 Å². The normalized spacial score (nSPS) is 26.8. The molecular formula is C16H28N2S. The van der Waals surface area contributed by atoms with E-state index in [4.69, 9.17) is 0 Å². The van der Waals surface area contributed by atoms with Crippen molar-refractivity contribution < 1.29 is 0 Å². The molecule has 1 fully saturated rings. The van der Waals surface area contributed by atoms with Crippen LogP contribution in [0.3, 0.4) is 0 Å². The summed E-state index contributed by atoms with van der Waals surface area (Å²) in [5, 5.41) is 5.94. The monoisotopic (exact) mass is 280 g/mol. The van der Waals surface area contributed by atoms with Gasteiger partial charge < -0.3 is 5.32 Å². The molecule has 0 radical (unpaired) electrons. The van der Waals surface area contributed by atoms with Crippen LogP contribution in [0.5, 0.6) is 0 Å². The number of nitrogens with one attached hydrogen (secondary N) is 1. The SMILES string of the molecule is CCCC1CN(C(C)c2cccs2)C(C(C)C)CN1. The van der Waals surface area contributed by atoms with Gasteiger partial charge in [-0.3, -0.25) is 4.90 Å². The van der Waals surface area contributed by atoms with Crippen molar-refractivity contribution in [3.63, 3.8) is 0 Å². The van der Waals surface area contributed by atoms with Crippen LogP contribution in [0.1, 0.15) is 51.5 Å². The second-order valence-electron chi connectivity index (χ2n) is 6.09. The Labute approximate surface area is 122 Å². The third-order valence-corrected chi connectivity index (χ3v) is 5.37. The molecule has 2 nitrogen and oxygen atoms in total. The highest BCUT2D eigenvalue weighted by molar-refractivity contribution is 7.10. The molecule has 3 unspecified atom stereocenters. The fourth-order valence-electron chi connectivity index (χ4n) is 3.16. The van der Waals surface area contributed by atoms with Crippen LogP contribution in [0, 0.1) is 5.92 Å². The summed E-state index contributed by atoms with van der Waals surface area (Å²) in [5.74, 6) is 0.706. The maximum atomic E-state index is 3.74. The first-order valence-corrected chi connectivity index (χ1v) is 8.54. The number of piperazine rings is 1. The van der Waals surface area contributed by atoms with Crippen LogP contribution in [-0.4, -0.2) is 30.1 Å². The standard InChI is InChI=1S/C16H28N2S/c1-5-7-14-11-18(15(10-17-14)12(2)3)13(4)16-8-6-9-19-16/h6,8-9,12-15,17H,5,7,10-11H2,1-4H3. The number of nitrogens with zero attached hydrogens (tertiary/aromatic N) is 1. The number of hydrogen-bond acceptors (Lipinski definition) is 3. The lowest BCUT2D eigenvalue weighted by Gasteiger charge is -2.45. The van der Waals surface area contributed by atoms with Crippen molar-refractivity contribution in [2.24, 2.45) is 5.92 Å². The Kier molecular flexibility index (Phi) is 5.43. The molecule has 2 rings (SSSR count). The number of rotatable bonds is 5. The summed E-state index contributed by atoms with van der Waals surface area (Å²) in [6.07, 6.45) is 2.56. The van der Waals surface area contributed by atoms with Crippen LogP contribution >= 0.6 is 11.3 Å². The van der Waals surface area contributed by atoms with E-state index in [-0.39, 0.29) is 0 Å². The van der Waals surface area contributed by atoms with Crippen molar-refractivity contribution in [1.82, 2.24) is 10.2 Å². The van der Waals surface area contributed by atoms with E-state index in [1.54, 1.807) is 0 Å². The zero-order valence-electron chi connectivity index (χ0n) is 12.7. The van der Waals surface area contributed by atoms with Crippen LogP contribution in [0.2, 0.25) is 0 Å². The molecule has 108 valence electrons. The lowest BCUT2D eigenvalue weighted by atomic mass is 9.95. The zero-order valence-corrected chi connectivity index (χ0v) is 13.5. The fourth-order valence-corrected chi connectivity index (χ4v) is 3.96. The quantitative estimate of drug-likeness (QED) is 0.880. The topological polar surface area (TPSA) is 15.3 Å². The number of hydrogen-bond donors (Lipinski definition) is 1. The molecule has 2 heterocycles. The molecule has 0 saturated carbocycles. The molecule has 1 aromatic rings. The second kappa shape index (κ2) is 6.87. The Morgan fingerprint density at radius 1 is 1.42 bits per heavy atom. The van der Waals surface area contributed by atoms with E-state index < -0.39 is 0 Å². The van der Waals surface area contributed by atoms with Crippen molar-refractivity contribution in [2.75, 3.05) is 13.1 Å². The van der Waals surface area contributed by atoms with E-state index in [1.807, 2.05) is 11.3 Å². The van der Waals surface area contributed by atoms with Gasteiger partial charge in [-0.25, -0.2) is 0 Å². The van der Waals surface area contributed by atoms with Gasteiger partial charge in [-0.15, -0.1) is 11.3 Å². The van der Waals surface area contributed by atoms with Crippen LogP contribution in [0.15, 0.2) is 17.5 Å². The molecule has 0 aliphatic carbocycles. The highest BCUT2D eigenvalue weighted by atomic mass is 32.1. The van der Waals surface area contributed by atoms with Gasteiger partial charge in [0.1, 0.15) is 0 Å². The highest BCUT2D eigenvalue weighted by Crippen LogP contribution is 2.30. The molecule has 1 aliphatic rings. The molecule has 0 aromatic carbocycles. The molecule has 3 heteroatoms. The molecular weight excluding hydrogens is 252 g/mol. The summed E-state index contributed by atoms with van der Waals surface area (Å²) >= 11 is 1.89. The van der Waals surface area contributed by atoms with E-state index >= 15 is 0 Å². The number of thiophene rings is 1. The van der Waals surface area contributed by atoms with Gasteiger partial charge in [-0.1, -0.05) is 33.3 Å². The minimum atomic E-state index is 0.550. The van der Waals surface area contributed by atoms with Gasteiger partial charge in [-0.2, -0.15) is 0 Å². The van der Waals surface area contributed by atoms with Crippen molar-refractivity contribution in [2.45, 2.75) is 58.7 Å². The zero-order chi connectivity index (χ0) is 13.8. The fraction of sp³-hybridized carbons (Fsp3) is 0.750. The van der Waals surface area contributed by atoms with E-state index in [1.165, 1.54) is 24.3 Å². The van der Waals surface area contributed by atoms with E-state index in [0.717, 1.165) is 6.54 Å². The Hall–Kier alpha value is -0.380. The average molecular weight is 280 g/mol. The summed E-state index contributed by atoms with van der Waals surface area (Å²) in [6.45, 7) is 11.7. The van der Waals surface area contributed by atoms with Gasteiger partial charge in [0.15, 0.2) is 0 Å². The first-order chi connectivity index (χ1) is 9.13. The van der Waals surface area contributed by atoms with Gasteiger partial charge in [0.2, 0.25) is 0 Å². The predicted molar refractivity (Wildman–Crippen MR) is 84.8 cm³/mol. The van der Waals surface area contributed by atoms with Crippen LogP contribution in [0.25, 0.3) is 0 Å². The molecule has 1 aliphatic heterocycles. The van der Waals surface area contributed by atoms with Gasteiger partial charge in [0.05, 0.1) is 0 Å². The molecule has 3 atom stereocenters. The largest absolute Gasteiger partial charge is 0.311 e. The Morgan fingerprint density at radius 2 is 2.21 bits per heavy atom. The summed E-state index contributed by atoms with van der Waals surface area (Å²) < 4.78 is 0. The highest BCUT2D eigenvalue weighted by Gasteiger charge is 2.33. The van der Waals surface area contributed by atoms with Crippen molar-refractivity contribution in [1.29, 1.82) is 0 Å². The molecule has 1 N–H and O–H groups in total. The predicted octanol–water partition coefficient (Wildman–Crippen LogP) is 3.91. The van der Waals surface area contributed by atoms with E-state index in [9.17, 15) is 0 Å². The minimum Gasteiger partial charge on any atom is -0.311 e. The molecule has 0 bridgehead atoms. The summed E-state index contributed by atoms with van der Waals surface area (Å²) in [6, 6.07) is 6.33. The Balaban J connectivity index is 2.11. The van der Waals surface area contributed by atoms with E-state index in [0.29, 0.717) is 24.0 Å². The third kappa shape index (κ3) is 3.59. The summed E-state index contributed by atoms with van der Waals surface area (Å²) in [7, 11) is 0. The summed E-state index contributed by atoms with van der Waals surface area (Å²) in [4.78, 5) is 4.23. The summed E-state index contributed by atoms with van der Waals surface area (Å²) in [5.41, 5.74) is 0. The molecule has 1 aromatic heterocycles. The molecule has 19 heavy (non-hydrogen) atoms. The minimum absolute atomic E-state index is 0.550. The lowest BCUT2D eigenvalue weighted by molar-refractivity contribution is 0.0611. The lowest BCUT2D eigenvalue weighted by Crippen LogP contribution is -2.58. The Morgan fingerprint density at radius 3 is 2.79 bits per heavy atom. The van der Waals surface area contributed by atoms with Crippen molar-refractivity contribution in [3.05, 3.63) is 22.4 Å². The average Bonchev–Trinajstić information content (AvgIpc) is 2.91. The van der Waals surface area contributed by atoms with Gasteiger partial charge in [0, 0.05) is 36.1 Å². The van der Waals surface area contributed by atoms with Gasteiger partial charge in [0.25, 0.3) is 0 Å². The first-order valence-electron chi connectivity index (χ1n) is 7.66. The molecule has 0 spiro atoms. The maximum absolute atomic E-state index is 3.74. The molecule has 0 amide bonds. The van der Waals surface area contributed by atoms with Crippen LogP contribution in [0.4, 0.5) is 0 Å². The maximum Gasteiger partial charge on any atom is 0.0417 e. The van der Waals surface area contributed by atoms with Gasteiger partial charge >= 0.3 is 0 Å². The smallest absolute Gasteiger partial charge is 0.0417 e. The van der Waals surface area contributed by atoms with Crippen molar-refractivity contribution >= 4 is 11.3 Å². The van der Waals surface area contributed by atoms with Crippen LogP contribution in [-0.2, 0) is 0 Å². The van der Waals surface area contributed by atoms with E-state index in [2.05, 4.69) is 55.4 Å².